The fourth-order valence-electron chi connectivity index (χ4n) is 3.83. The maximum Gasteiger partial charge on any atom is 0.339 e. The molecule has 1 fully saturated rings. The molecule has 3 amide bonds. The second-order valence-corrected chi connectivity index (χ2v) is 10.7. The molecule has 218 valence electrons. The number of imide groups is 1. The van der Waals surface area contributed by atoms with Crippen LogP contribution in [0.3, 0.4) is 0 Å². The lowest BCUT2D eigenvalue weighted by atomic mass is 10.1. The fraction of sp³-hybridized carbons (Fsp3) is 0.200. The summed E-state index contributed by atoms with van der Waals surface area (Å²) < 4.78 is 16.4. The number of esters is 1. The number of hydrogen-bond donors (Lipinski definition) is 1. The molecule has 1 aliphatic heterocycles. The zero-order valence-electron chi connectivity index (χ0n) is 22.6. The number of carbonyl (C=O) groups is 4. The average molecular weight is 630 g/mol. The minimum atomic E-state index is -0.629. The van der Waals surface area contributed by atoms with E-state index in [0.29, 0.717) is 28.5 Å². The lowest BCUT2D eigenvalue weighted by Gasteiger charge is -2.13. The summed E-state index contributed by atoms with van der Waals surface area (Å²) in [5.41, 5.74) is 1.76. The molecule has 4 rings (SSSR count). The van der Waals surface area contributed by atoms with Crippen LogP contribution in [-0.2, 0) is 20.9 Å². The van der Waals surface area contributed by atoms with Crippen molar-refractivity contribution in [2.45, 2.75) is 20.0 Å². The number of methoxy groups -OCH3 is 1. The number of hydrogen-bond acceptors (Lipinski definition) is 8. The molecular weight excluding hydrogens is 603 g/mol. The predicted molar refractivity (Wildman–Crippen MR) is 162 cm³/mol. The van der Waals surface area contributed by atoms with Crippen molar-refractivity contribution >= 4 is 69.8 Å². The largest absolute Gasteiger partial charge is 0.493 e. The number of thioether (sulfide) groups is 1. The highest BCUT2D eigenvalue weighted by Gasteiger charge is 2.36. The van der Waals surface area contributed by atoms with Crippen LogP contribution in [0.2, 0.25) is 10.0 Å². The molecule has 1 aliphatic rings. The van der Waals surface area contributed by atoms with Gasteiger partial charge in [0, 0.05) is 16.3 Å². The maximum absolute atomic E-state index is 13.0. The van der Waals surface area contributed by atoms with Gasteiger partial charge in [-0.2, -0.15) is 0 Å². The molecule has 0 atom stereocenters. The van der Waals surface area contributed by atoms with Crippen molar-refractivity contribution in [3.05, 3.63) is 92.3 Å². The second-order valence-electron chi connectivity index (χ2n) is 8.94. The van der Waals surface area contributed by atoms with Crippen molar-refractivity contribution in [2.24, 2.45) is 0 Å². The van der Waals surface area contributed by atoms with E-state index in [1.807, 2.05) is 25.1 Å². The summed E-state index contributed by atoms with van der Waals surface area (Å²) in [6, 6.07) is 16.7. The number of halogens is 2. The molecule has 1 heterocycles. The first-order valence-corrected chi connectivity index (χ1v) is 14.3. The van der Waals surface area contributed by atoms with Crippen LogP contribution in [0.25, 0.3) is 6.08 Å². The Hall–Kier alpha value is -3.99. The van der Waals surface area contributed by atoms with Crippen LogP contribution in [-0.4, -0.2) is 48.2 Å². The first-order chi connectivity index (χ1) is 20.2. The highest BCUT2D eigenvalue weighted by atomic mass is 35.5. The molecule has 0 bridgehead atoms. The number of benzene rings is 3. The topological polar surface area (TPSA) is 111 Å². The maximum atomic E-state index is 13.0. The van der Waals surface area contributed by atoms with Gasteiger partial charge >= 0.3 is 5.97 Å². The van der Waals surface area contributed by atoms with Crippen molar-refractivity contribution in [2.75, 3.05) is 25.6 Å². The van der Waals surface area contributed by atoms with Gasteiger partial charge in [-0.25, -0.2) is 4.79 Å². The van der Waals surface area contributed by atoms with Crippen molar-refractivity contribution in [3.63, 3.8) is 0 Å². The molecule has 9 nitrogen and oxygen atoms in total. The number of nitrogens with one attached hydrogen (secondary N) is 1. The van der Waals surface area contributed by atoms with Gasteiger partial charge in [-0.1, -0.05) is 54.4 Å². The highest BCUT2D eigenvalue weighted by Crippen LogP contribution is 2.35. The molecule has 0 aromatic heterocycles. The van der Waals surface area contributed by atoms with Gasteiger partial charge in [0.2, 0.25) is 5.91 Å². The quantitative estimate of drug-likeness (QED) is 0.182. The molecule has 42 heavy (non-hydrogen) atoms. The summed E-state index contributed by atoms with van der Waals surface area (Å²) in [6.07, 6.45) is 2.18. The molecule has 3 aromatic rings. The van der Waals surface area contributed by atoms with Gasteiger partial charge in [0.1, 0.15) is 13.2 Å². The third-order valence-electron chi connectivity index (χ3n) is 5.91. The van der Waals surface area contributed by atoms with E-state index in [1.54, 1.807) is 24.3 Å². The van der Waals surface area contributed by atoms with Crippen molar-refractivity contribution in [3.8, 4) is 11.5 Å². The second kappa shape index (κ2) is 14.3. The van der Waals surface area contributed by atoms with E-state index in [-0.39, 0.29) is 34.4 Å². The van der Waals surface area contributed by atoms with Crippen LogP contribution in [0, 0.1) is 0 Å². The zero-order chi connectivity index (χ0) is 30.2. The Morgan fingerprint density at radius 1 is 1.00 bits per heavy atom. The van der Waals surface area contributed by atoms with Crippen LogP contribution in [0.1, 0.15) is 34.8 Å². The monoisotopic (exact) mass is 628 g/mol. The molecule has 0 unspecified atom stereocenters. The van der Waals surface area contributed by atoms with E-state index in [9.17, 15) is 19.2 Å². The van der Waals surface area contributed by atoms with Gasteiger partial charge in [-0.15, -0.1) is 0 Å². The molecule has 0 saturated carbocycles. The van der Waals surface area contributed by atoms with Gasteiger partial charge in [0.25, 0.3) is 11.1 Å². The molecule has 1 saturated heterocycles. The van der Waals surface area contributed by atoms with Crippen molar-refractivity contribution in [1.82, 2.24) is 4.90 Å². The lowest BCUT2D eigenvalue weighted by molar-refractivity contribution is -0.127. The number of anilines is 1. The molecule has 1 N–H and O–H groups in total. The van der Waals surface area contributed by atoms with Crippen LogP contribution in [0.4, 0.5) is 10.5 Å². The van der Waals surface area contributed by atoms with Crippen molar-refractivity contribution in [1.29, 1.82) is 0 Å². The number of rotatable bonds is 11. The van der Waals surface area contributed by atoms with E-state index in [0.717, 1.165) is 22.2 Å². The predicted octanol–water partition coefficient (Wildman–Crippen LogP) is 6.82. The average Bonchev–Trinajstić information content (AvgIpc) is 3.23. The summed E-state index contributed by atoms with van der Waals surface area (Å²) >= 11 is 13.0. The SMILES string of the molecule is CCCOC(=O)c1cc(NC(=O)CN2C(=O)S/C(=C/c3ccc(OCc4ccccc4Cl)c(OC)c3)C2=O)ccc1Cl. The van der Waals surface area contributed by atoms with E-state index in [4.69, 9.17) is 37.4 Å². The lowest BCUT2D eigenvalue weighted by Crippen LogP contribution is -2.36. The third-order valence-corrected chi connectivity index (χ3v) is 7.51. The minimum absolute atomic E-state index is 0.0905. The summed E-state index contributed by atoms with van der Waals surface area (Å²) in [7, 11) is 1.49. The van der Waals surface area contributed by atoms with Gasteiger partial charge in [0.05, 0.1) is 29.2 Å². The Balaban J connectivity index is 1.41. The summed E-state index contributed by atoms with van der Waals surface area (Å²) in [6.45, 7) is 1.81. The van der Waals surface area contributed by atoms with Crippen molar-refractivity contribution < 1.29 is 33.4 Å². The third kappa shape index (κ3) is 7.64. The Morgan fingerprint density at radius 3 is 2.52 bits per heavy atom. The first-order valence-electron chi connectivity index (χ1n) is 12.8. The van der Waals surface area contributed by atoms with Crippen LogP contribution < -0.4 is 14.8 Å². The van der Waals surface area contributed by atoms with E-state index < -0.39 is 29.6 Å². The standard InChI is InChI=1S/C30H26Cl2N2O7S/c1-3-12-40-29(37)21-15-20(9-10-23(21)32)33-27(35)16-34-28(36)26(42-30(34)38)14-18-8-11-24(25(13-18)39-2)41-17-19-6-4-5-7-22(19)31/h4-11,13-15H,3,12,16-17H2,1-2H3,(H,33,35)/b26-14+. The van der Waals surface area contributed by atoms with Gasteiger partial charge in [-0.05, 0) is 66.2 Å². The summed E-state index contributed by atoms with van der Waals surface area (Å²) in [4.78, 5) is 51.5. The van der Waals surface area contributed by atoms with Gasteiger partial charge in [-0.3, -0.25) is 19.3 Å². The number of carbonyl (C=O) groups excluding carboxylic acids is 4. The van der Waals surface area contributed by atoms with Gasteiger partial charge in [0.15, 0.2) is 11.5 Å². The van der Waals surface area contributed by atoms with Crippen LogP contribution >= 0.6 is 35.0 Å². The molecule has 3 aromatic carbocycles. The fourth-order valence-corrected chi connectivity index (χ4v) is 5.05. The van der Waals surface area contributed by atoms with E-state index >= 15 is 0 Å². The highest BCUT2D eigenvalue weighted by molar-refractivity contribution is 8.18. The Labute approximate surface area is 256 Å². The van der Waals surface area contributed by atoms with Crippen LogP contribution in [0.15, 0.2) is 65.6 Å². The Bertz CT molecular complexity index is 1560. The number of nitrogens with zero attached hydrogens (tertiary/aromatic N) is 1. The normalized spacial score (nSPS) is 13.8. The molecule has 12 heteroatoms. The minimum Gasteiger partial charge on any atom is -0.493 e. The number of amides is 3. The smallest absolute Gasteiger partial charge is 0.339 e. The van der Waals surface area contributed by atoms with Gasteiger partial charge < -0.3 is 19.5 Å². The molecular formula is C30H26Cl2N2O7S. The van der Waals surface area contributed by atoms with E-state index in [2.05, 4.69) is 5.32 Å². The summed E-state index contributed by atoms with van der Waals surface area (Å²) in [5, 5.41) is 2.75. The molecule has 0 spiro atoms. The van der Waals surface area contributed by atoms with Crippen LogP contribution in [0.5, 0.6) is 11.5 Å². The number of ether oxygens (including phenoxy) is 3. The molecule has 0 radical (unpaired) electrons. The van der Waals surface area contributed by atoms with E-state index in [1.165, 1.54) is 31.4 Å². The molecule has 0 aliphatic carbocycles. The summed E-state index contributed by atoms with van der Waals surface area (Å²) in [5.74, 6) is -0.960. The zero-order valence-corrected chi connectivity index (χ0v) is 25.0. The Morgan fingerprint density at radius 2 is 1.79 bits per heavy atom. The Kier molecular flexibility index (Phi) is 10.5. The first kappa shape index (κ1) is 31.0.